The molecule has 1 heterocycles. The monoisotopic (exact) mass is 560 g/mol. The molecule has 0 bridgehead atoms. The van der Waals surface area contributed by atoms with E-state index < -0.39 is 0 Å². The molecule has 8 nitrogen and oxygen atoms in total. The molecule has 35 heavy (non-hydrogen) atoms. The number of carbonyl (C=O) groups is 2. The number of amides is 1. The van der Waals surface area contributed by atoms with Crippen LogP contribution in [0.25, 0.3) is 11.3 Å². The zero-order valence-corrected chi connectivity index (χ0v) is 21.7. The molecule has 0 saturated heterocycles. The number of thioether (sulfide) groups is 1. The third-order valence-corrected chi connectivity index (χ3v) is 6.50. The largest absolute Gasteiger partial charge is 0.457 e. The number of hydrogen-bond donors (Lipinski definition) is 1. The van der Waals surface area contributed by atoms with E-state index in [0.29, 0.717) is 17.8 Å². The third-order valence-electron chi connectivity index (χ3n) is 4.75. The zero-order valence-electron chi connectivity index (χ0n) is 19.3. The first kappa shape index (κ1) is 28.0. The predicted octanol–water partition coefficient (Wildman–Crippen LogP) is 4.74. The summed E-state index contributed by atoms with van der Waals surface area (Å²) in [5.41, 5.74) is 4.30. The molecule has 2 aromatic carbocycles. The van der Waals surface area contributed by atoms with Gasteiger partial charge in [0.15, 0.2) is 0 Å². The molecule has 0 radical (unpaired) electrons. The summed E-state index contributed by atoms with van der Waals surface area (Å²) in [6.07, 6.45) is 1.45. The van der Waals surface area contributed by atoms with Gasteiger partial charge in [-0.05, 0) is 18.6 Å². The Hall–Kier alpha value is -3.20. The number of halogens is 1. The molecule has 0 aliphatic heterocycles. The minimum atomic E-state index is -0.371. The first-order valence-electron chi connectivity index (χ1n) is 10.6. The van der Waals surface area contributed by atoms with E-state index in [1.54, 1.807) is 11.8 Å². The molecule has 1 amide bonds. The van der Waals surface area contributed by atoms with Crippen molar-refractivity contribution in [3.63, 3.8) is 0 Å². The lowest BCUT2D eigenvalue weighted by molar-refractivity contribution is -0.191. The minimum Gasteiger partial charge on any atom is -0.457 e. The highest BCUT2D eigenvalue weighted by Gasteiger charge is 2.18. The highest BCUT2D eigenvalue weighted by molar-refractivity contribution is 9.10. The van der Waals surface area contributed by atoms with Crippen molar-refractivity contribution >= 4 is 45.7 Å². The molecule has 1 N–H and O–H groups in total. The SMILES string of the molecule is CC(=O)NCCSCc1ccc(-c2nocc2CC(=O)O[C@H](C)c2ccccc2Br)cc1.O=C=O. The molecule has 1 atom stereocenters. The highest BCUT2D eigenvalue weighted by Crippen LogP contribution is 2.27. The summed E-state index contributed by atoms with van der Waals surface area (Å²) < 4.78 is 11.7. The number of rotatable bonds is 10. The van der Waals surface area contributed by atoms with E-state index in [2.05, 4.69) is 26.4 Å². The molecule has 3 aromatic rings. The van der Waals surface area contributed by atoms with Gasteiger partial charge in [0, 0.05) is 46.1 Å². The Morgan fingerprint density at radius 1 is 1.17 bits per heavy atom. The van der Waals surface area contributed by atoms with Crippen molar-refractivity contribution in [3.05, 3.63) is 76.0 Å². The van der Waals surface area contributed by atoms with Crippen molar-refractivity contribution in [1.29, 1.82) is 0 Å². The van der Waals surface area contributed by atoms with Gasteiger partial charge in [-0.1, -0.05) is 63.6 Å². The van der Waals surface area contributed by atoms with Gasteiger partial charge in [0.05, 0.1) is 6.42 Å². The molecular weight excluding hydrogens is 536 g/mol. The first-order valence-corrected chi connectivity index (χ1v) is 12.6. The number of benzene rings is 2. The molecule has 0 spiro atoms. The molecule has 0 aliphatic carbocycles. The Balaban J connectivity index is 0.00000137. The van der Waals surface area contributed by atoms with Gasteiger partial charge in [-0.15, -0.1) is 0 Å². The summed E-state index contributed by atoms with van der Waals surface area (Å²) in [5, 5.41) is 6.87. The fraction of sp³-hybridized carbons (Fsp3) is 0.280. The second kappa shape index (κ2) is 14.9. The smallest absolute Gasteiger partial charge is 0.373 e. The zero-order chi connectivity index (χ0) is 25.6. The number of hydrogen-bond acceptors (Lipinski definition) is 8. The van der Waals surface area contributed by atoms with Crippen LogP contribution in [0.3, 0.4) is 0 Å². The van der Waals surface area contributed by atoms with Crippen LogP contribution in [-0.4, -0.2) is 35.5 Å². The van der Waals surface area contributed by atoms with Crippen molar-refractivity contribution in [2.24, 2.45) is 0 Å². The quantitative estimate of drug-likeness (QED) is 0.279. The van der Waals surface area contributed by atoms with E-state index in [1.807, 2.05) is 55.5 Å². The lowest BCUT2D eigenvalue weighted by Crippen LogP contribution is -2.22. The van der Waals surface area contributed by atoms with Crippen LogP contribution in [0.4, 0.5) is 0 Å². The molecule has 10 heteroatoms. The van der Waals surface area contributed by atoms with E-state index in [0.717, 1.165) is 27.1 Å². The Kier molecular flexibility index (Phi) is 12.0. The Morgan fingerprint density at radius 2 is 1.86 bits per heavy atom. The average Bonchev–Trinajstić information content (AvgIpc) is 3.27. The van der Waals surface area contributed by atoms with Crippen molar-refractivity contribution in [2.45, 2.75) is 32.1 Å². The topological polar surface area (TPSA) is 116 Å². The number of ether oxygens (including phenoxy) is 1. The van der Waals surface area contributed by atoms with Crippen LogP contribution in [0, 0.1) is 0 Å². The van der Waals surface area contributed by atoms with Gasteiger partial charge >= 0.3 is 12.1 Å². The van der Waals surface area contributed by atoms with E-state index in [-0.39, 0.29) is 30.6 Å². The summed E-state index contributed by atoms with van der Waals surface area (Å²) >= 11 is 5.24. The van der Waals surface area contributed by atoms with Crippen molar-refractivity contribution in [2.75, 3.05) is 12.3 Å². The van der Waals surface area contributed by atoms with Gasteiger partial charge < -0.3 is 14.6 Å². The Labute approximate surface area is 215 Å². The van der Waals surface area contributed by atoms with Crippen molar-refractivity contribution in [3.8, 4) is 11.3 Å². The predicted molar refractivity (Wildman–Crippen MR) is 134 cm³/mol. The Morgan fingerprint density at radius 3 is 2.51 bits per heavy atom. The molecule has 184 valence electrons. The summed E-state index contributed by atoms with van der Waals surface area (Å²) in [6.45, 7) is 4.03. The molecule has 1 aromatic heterocycles. The van der Waals surface area contributed by atoms with Gasteiger partial charge in [0.2, 0.25) is 5.91 Å². The van der Waals surface area contributed by atoms with Crippen LogP contribution in [0.1, 0.15) is 36.6 Å². The van der Waals surface area contributed by atoms with E-state index in [4.69, 9.17) is 18.8 Å². The van der Waals surface area contributed by atoms with Crippen LogP contribution in [-0.2, 0) is 36.1 Å². The lowest BCUT2D eigenvalue weighted by atomic mass is 10.0. The number of aromatic nitrogens is 1. The molecular formula is C25H25BrN2O6S. The fourth-order valence-electron chi connectivity index (χ4n) is 3.13. The standard InChI is InChI=1S/C24H25BrN2O4S.CO2/c1-16(21-5-3-4-6-22(21)25)31-23(29)13-20-14-30-27-24(20)19-9-7-18(8-10-19)15-32-12-11-26-17(2)28;2-1-3/h3-10,14,16H,11-13,15H2,1-2H3,(H,26,28);/t16-;/m1./s1. The number of carbonyl (C=O) groups excluding carboxylic acids is 4. The van der Waals surface area contributed by atoms with E-state index in [9.17, 15) is 9.59 Å². The second-order valence-corrected chi connectivity index (χ2v) is 9.29. The second-order valence-electron chi connectivity index (χ2n) is 7.33. The molecule has 0 fully saturated rings. The summed E-state index contributed by atoms with van der Waals surface area (Å²) in [7, 11) is 0. The Bertz CT molecular complexity index is 1140. The summed E-state index contributed by atoms with van der Waals surface area (Å²) in [5.74, 6) is 1.36. The van der Waals surface area contributed by atoms with Crippen molar-refractivity contribution < 1.29 is 28.4 Å². The van der Waals surface area contributed by atoms with Gasteiger partial charge in [-0.25, -0.2) is 0 Å². The minimum absolute atomic E-state index is 0.00959. The average molecular weight is 561 g/mol. The normalized spacial score (nSPS) is 10.9. The van der Waals surface area contributed by atoms with E-state index >= 15 is 0 Å². The maximum Gasteiger partial charge on any atom is 0.373 e. The maximum absolute atomic E-state index is 12.5. The molecule has 3 rings (SSSR count). The van der Waals surface area contributed by atoms with Gasteiger partial charge in [0.25, 0.3) is 0 Å². The number of esters is 1. The van der Waals surface area contributed by atoms with E-state index in [1.165, 1.54) is 18.8 Å². The van der Waals surface area contributed by atoms with Gasteiger partial charge in [-0.3, -0.25) is 9.59 Å². The van der Waals surface area contributed by atoms with Crippen LogP contribution in [0.2, 0.25) is 0 Å². The van der Waals surface area contributed by atoms with Crippen LogP contribution < -0.4 is 5.32 Å². The fourth-order valence-corrected chi connectivity index (χ4v) is 4.56. The first-order chi connectivity index (χ1) is 16.8. The summed E-state index contributed by atoms with van der Waals surface area (Å²) in [4.78, 5) is 39.7. The lowest BCUT2D eigenvalue weighted by Gasteiger charge is -2.15. The van der Waals surface area contributed by atoms with Gasteiger partial charge in [-0.2, -0.15) is 21.4 Å². The van der Waals surface area contributed by atoms with Gasteiger partial charge in [0.1, 0.15) is 18.1 Å². The number of nitrogens with zero attached hydrogens (tertiary/aromatic N) is 1. The third kappa shape index (κ3) is 9.52. The highest BCUT2D eigenvalue weighted by atomic mass is 79.9. The molecule has 0 aliphatic rings. The van der Waals surface area contributed by atoms with Crippen LogP contribution in [0.5, 0.6) is 0 Å². The maximum atomic E-state index is 12.5. The van der Waals surface area contributed by atoms with Crippen molar-refractivity contribution in [1.82, 2.24) is 10.5 Å². The van der Waals surface area contributed by atoms with Crippen LogP contribution >= 0.6 is 27.7 Å². The molecule has 0 unspecified atom stereocenters. The van der Waals surface area contributed by atoms with Crippen LogP contribution in [0.15, 0.2) is 63.8 Å². The number of nitrogens with one attached hydrogen (secondary N) is 1. The summed E-state index contributed by atoms with van der Waals surface area (Å²) in [6, 6.07) is 15.7. The molecule has 0 saturated carbocycles.